The predicted octanol–water partition coefficient (Wildman–Crippen LogP) is 3.78. The number of hydrogen-bond donors (Lipinski definition) is 2. The van der Waals surface area contributed by atoms with Crippen LogP contribution < -0.4 is 10.6 Å². The van der Waals surface area contributed by atoms with Crippen molar-refractivity contribution in [2.75, 3.05) is 12.8 Å². The quantitative estimate of drug-likeness (QED) is 0.418. The summed E-state index contributed by atoms with van der Waals surface area (Å²) in [5.74, 6) is 0.618. The van der Waals surface area contributed by atoms with E-state index < -0.39 is 0 Å². The molecule has 2 N–H and O–H groups in total. The van der Waals surface area contributed by atoms with E-state index in [1.807, 2.05) is 17.8 Å². The van der Waals surface area contributed by atoms with Gasteiger partial charge in [-0.1, -0.05) is 12.1 Å². The van der Waals surface area contributed by atoms with Crippen LogP contribution in [0.5, 0.6) is 0 Å². The van der Waals surface area contributed by atoms with Gasteiger partial charge in [0, 0.05) is 17.8 Å². The maximum Gasteiger partial charge on any atom is 0.191 e. The van der Waals surface area contributed by atoms with E-state index in [0.29, 0.717) is 12.6 Å². The topological polar surface area (TPSA) is 36.4 Å². The number of hydrogen-bond acceptors (Lipinski definition) is 2. The van der Waals surface area contributed by atoms with Crippen molar-refractivity contribution in [3.05, 3.63) is 35.6 Å². The predicted molar refractivity (Wildman–Crippen MR) is 105 cm³/mol. The van der Waals surface area contributed by atoms with Crippen LogP contribution in [0.3, 0.4) is 0 Å². The van der Waals surface area contributed by atoms with E-state index >= 15 is 0 Å². The molecule has 2 rings (SSSR count). The number of nitrogens with one attached hydrogen (secondary N) is 2. The fraction of sp³-hybridized carbons (Fsp3) is 0.562. The Morgan fingerprint density at radius 3 is 2.86 bits per heavy atom. The second-order valence-corrected chi connectivity index (χ2v) is 6.48. The molecule has 2 atom stereocenters. The van der Waals surface area contributed by atoms with Crippen LogP contribution in [0.1, 0.15) is 31.7 Å². The second kappa shape index (κ2) is 10.3. The van der Waals surface area contributed by atoms with E-state index in [-0.39, 0.29) is 29.8 Å². The fourth-order valence-electron chi connectivity index (χ4n) is 2.60. The Kier molecular flexibility index (Phi) is 9.16. The zero-order chi connectivity index (χ0) is 15.1. The summed E-state index contributed by atoms with van der Waals surface area (Å²) in [6, 6.07) is 7.10. The first-order chi connectivity index (χ1) is 10.2. The van der Waals surface area contributed by atoms with Crippen LogP contribution in [0.2, 0.25) is 0 Å². The fourth-order valence-corrected chi connectivity index (χ4v) is 3.40. The van der Waals surface area contributed by atoms with Crippen LogP contribution in [-0.4, -0.2) is 30.1 Å². The monoisotopic (exact) mass is 437 g/mol. The largest absolute Gasteiger partial charge is 0.357 e. The first-order valence-corrected chi connectivity index (χ1v) is 8.82. The number of halogens is 2. The molecule has 1 aromatic rings. The third-order valence-corrected chi connectivity index (χ3v) is 4.81. The van der Waals surface area contributed by atoms with Gasteiger partial charge in [0.2, 0.25) is 0 Å². The van der Waals surface area contributed by atoms with Crippen LogP contribution in [0.15, 0.2) is 29.3 Å². The Labute approximate surface area is 154 Å². The second-order valence-electron chi connectivity index (χ2n) is 5.34. The van der Waals surface area contributed by atoms with Gasteiger partial charge in [-0.3, -0.25) is 0 Å². The number of rotatable bonds is 5. The van der Waals surface area contributed by atoms with Gasteiger partial charge in [-0.05, 0) is 50.1 Å². The first-order valence-electron chi connectivity index (χ1n) is 7.53. The van der Waals surface area contributed by atoms with Crippen LogP contribution in [-0.2, 0) is 6.54 Å². The Balaban J connectivity index is 0.00000242. The lowest BCUT2D eigenvalue weighted by atomic mass is 10.2. The molecule has 1 fully saturated rings. The van der Waals surface area contributed by atoms with Gasteiger partial charge in [-0.2, -0.15) is 11.8 Å². The third-order valence-electron chi connectivity index (χ3n) is 3.71. The van der Waals surface area contributed by atoms with Crippen molar-refractivity contribution >= 4 is 41.7 Å². The van der Waals surface area contributed by atoms with Crippen molar-refractivity contribution in [3.63, 3.8) is 0 Å². The molecule has 2 unspecified atom stereocenters. The minimum absolute atomic E-state index is 0. The summed E-state index contributed by atoms with van der Waals surface area (Å²) in [5.41, 5.74) is 0.889. The molecule has 0 saturated heterocycles. The van der Waals surface area contributed by atoms with Gasteiger partial charge in [0.1, 0.15) is 5.82 Å². The number of benzene rings is 1. The zero-order valence-electron chi connectivity index (χ0n) is 13.1. The van der Waals surface area contributed by atoms with Gasteiger partial charge in [0.25, 0.3) is 0 Å². The van der Waals surface area contributed by atoms with Gasteiger partial charge in [-0.25, -0.2) is 9.38 Å². The number of aliphatic imine (C=N–C) groups is 1. The van der Waals surface area contributed by atoms with Gasteiger partial charge in [0.15, 0.2) is 5.96 Å². The summed E-state index contributed by atoms with van der Waals surface area (Å²) in [4.78, 5) is 4.56. The molecule has 0 heterocycles. The molecule has 0 bridgehead atoms. The molecule has 1 aliphatic carbocycles. The summed E-state index contributed by atoms with van der Waals surface area (Å²) in [6.07, 6.45) is 5.82. The normalized spacial score (nSPS) is 21.3. The van der Waals surface area contributed by atoms with Crippen molar-refractivity contribution in [1.82, 2.24) is 10.6 Å². The lowest BCUT2D eigenvalue weighted by Crippen LogP contribution is -2.42. The molecule has 3 nitrogen and oxygen atoms in total. The molecule has 1 saturated carbocycles. The Morgan fingerprint density at radius 2 is 2.23 bits per heavy atom. The molecule has 0 spiro atoms. The van der Waals surface area contributed by atoms with E-state index in [4.69, 9.17) is 0 Å². The van der Waals surface area contributed by atoms with Gasteiger partial charge >= 0.3 is 0 Å². The molecule has 22 heavy (non-hydrogen) atoms. The Bertz CT molecular complexity index is 484. The molecule has 124 valence electrons. The molecule has 0 aliphatic heterocycles. The van der Waals surface area contributed by atoms with Crippen molar-refractivity contribution < 1.29 is 4.39 Å². The van der Waals surface area contributed by atoms with Crippen molar-refractivity contribution in [2.24, 2.45) is 4.99 Å². The Morgan fingerprint density at radius 1 is 1.41 bits per heavy atom. The molecule has 0 radical (unpaired) electrons. The summed E-state index contributed by atoms with van der Waals surface area (Å²) in [6.45, 7) is 3.37. The van der Waals surface area contributed by atoms with Crippen LogP contribution in [0.4, 0.5) is 4.39 Å². The Hall–Kier alpha value is -0.500. The highest BCUT2D eigenvalue weighted by Gasteiger charge is 2.24. The van der Waals surface area contributed by atoms with Crippen LogP contribution in [0, 0.1) is 5.82 Å². The lowest BCUT2D eigenvalue weighted by molar-refractivity contribution is 0.614. The summed E-state index contributed by atoms with van der Waals surface area (Å²) in [7, 11) is 0. The van der Waals surface area contributed by atoms with Crippen molar-refractivity contribution in [1.29, 1.82) is 0 Å². The molecule has 1 aromatic carbocycles. The average Bonchev–Trinajstić information content (AvgIpc) is 2.93. The highest BCUT2D eigenvalue weighted by atomic mass is 127. The smallest absolute Gasteiger partial charge is 0.191 e. The van der Waals surface area contributed by atoms with Gasteiger partial charge in [-0.15, -0.1) is 24.0 Å². The van der Waals surface area contributed by atoms with E-state index in [1.54, 1.807) is 6.07 Å². The van der Waals surface area contributed by atoms with Crippen molar-refractivity contribution in [3.8, 4) is 0 Å². The lowest BCUT2D eigenvalue weighted by Gasteiger charge is -2.17. The molecule has 6 heteroatoms. The highest BCUT2D eigenvalue weighted by Crippen LogP contribution is 2.28. The van der Waals surface area contributed by atoms with Crippen LogP contribution in [0.25, 0.3) is 0 Å². The minimum Gasteiger partial charge on any atom is -0.357 e. The van der Waals surface area contributed by atoms with E-state index in [0.717, 1.165) is 23.3 Å². The summed E-state index contributed by atoms with van der Waals surface area (Å²) >= 11 is 1.95. The van der Waals surface area contributed by atoms with Crippen LogP contribution >= 0.6 is 35.7 Å². The average molecular weight is 437 g/mol. The highest BCUT2D eigenvalue weighted by molar-refractivity contribution is 14.0. The molecular weight excluding hydrogens is 412 g/mol. The molecule has 0 aromatic heterocycles. The van der Waals surface area contributed by atoms with Gasteiger partial charge < -0.3 is 10.6 Å². The summed E-state index contributed by atoms with van der Waals surface area (Å²) < 4.78 is 13.2. The van der Waals surface area contributed by atoms with Crippen molar-refractivity contribution in [2.45, 2.75) is 44.0 Å². The maximum atomic E-state index is 13.2. The SMILES string of the molecule is CCNC(=NCc1cccc(F)c1)NC1CCC(SC)C1.I. The van der Waals surface area contributed by atoms with E-state index in [2.05, 4.69) is 28.8 Å². The molecule has 1 aliphatic rings. The van der Waals surface area contributed by atoms with Gasteiger partial charge in [0.05, 0.1) is 6.54 Å². The molecular formula is C16H25FIN3S. The number of nitrogens with zero attached hydrogens (tertiary/aromatic N) is 1. The summed E-state index contributed by atoms with van der Waals surface area (Å²) in [5, 5.41) is 7.52. The third kappa shape index (κ3) is 6.32. The maximum absolute atomic E-state index is 13.2. The molecule has 0 amide bonds. The van der Waals surface area contributed by atoms with E-state index in [9.17, 15) is 4.39 Å². The first kappa shape index (κ1) is 19.5. The standard InChI is InChI=1S/C16H24FN3S.HI/c1-3-18-16(20-14-7-8-15(10-14)21-2)19-11-12-5-4-6-13(17)9-12;/h4-6,9,14-15H,3,7-8,10-11H2,1-2H3,(H2,18,19,20);1H. The minimum atomic E-state index is -0.209. The van der Waals surface area contributed by atoms with E-state index in [1.165, 1.54) is 31.4 Å². The number of thioether (sulfide) groups is 1. The zero-order valence-corrected chi connectivity index (χ0v) is 16.3. The number of guanidine groups is 1.